The second kappa shape index (κ2) is 8.38. The SMILES string of the molecule is O=C1OCCS/C1=C\C(Cc1ccc(Cl)cc1)c1ccc([N+](=O)[O-])cc1. The fourth-order valence-corrected chi connectivity index (χ4v) is 3.66. The lowest BCUT2D eigenvalue weighted by atomic mass is 9.91. The highest BCUT2D eigenvalue weighted by Crippen LogP contribution is 2.31. The number of esters is 1. The van der Waals surface area contributed by atoms with E-state index in [9.17, 15) is 14.9 Å². The molecule has 0 aromatic heterocycles. The second-order valence-corrected chi connectivity index (χ2v) is 7.37. The lowest BCUT2D eigenvalue weighted by Crippen LogP contribution is -2.16. The fourth-order valence-electron chi connectivity index (χ4n) is 2.71. The van der Waals surface area contributed by atoms with Crippen molar-refractivity contribution < 1.29 is 14.5 Å². The number of nitro groups is 1. The van der Waals surface area contributed by atoms with Crippen LogP contribution in [0.3, 0.4) is 0 Å². The van der Waals surface area contributed by atoms with Crippen molar-refractivity contribution in [1.82, 2.24) is 0 Å². The number of carbonyl (C=O) groups excluding carboxylic acids is 1. The minimum absolute atomic E-state index is 0.0399. The molecule has 26 heavy (non-hydrogen) atoms. The van der Waals surface area contributed by atoms with Crippen LogP contribution in [0.4, 0.5) is 5.69 Å². The molecule has 1 unspecified atom stereocenters. The summed E-state index contributed by atoms with van der Waals surface area (Å²) in [6, 6.07) is 13.9. The number of hydrogen-bond donors (Lipinski definition) is 0. The van der Waals surface area contributed by atoms with E-state index in [1.54, 1.807) is 12.1 Å². The van der Waals surface area contributed by atoms with Gasteiger partial charge in [-0.1, -0.05) is 41.9 Å². The van der Waals surface area contributed by atoms with Gasteiger partial charge in [-0.25, -0.2) is 4.79 Å². The Balaban J connectivity index is 1.92. The molecule has 5 nitrogen and oxygen atoms in total. The van der Waals surface area contributed by atoms with Gasteiger partial charge in [-0.2, -0.15) is 0 Å². The number of benzene rings is 2. The molecule has 3 rings (SSSR count). The number of thioether (sulfide) groups is 1. The molecule has 0 radical (unpaired) electrons. The van der Waals surface area contributed by atoms with Crippen molar-refractivity contribution >= 4 is 35.0 Å². The first-order valence-corrected chi connectivity index (χ1v) is 9.40. The molecule has 134 valence electrons. The van der Waals surface area contributed by atoms with Gasteiger partial charge in [0.15, 0.2) is 0 Å². The number of non-ortho nitro benzene ring substituents is 1. The quantitative estimate of drug-likeness (QED) is 0.319. The van der Waals surface area contributed by atoms with Crippen molar-refractivity contribution in [1.29, 1.82) is 0 Å². The van der Waals surface area contributed by atoms with Crippen molar-refractivity contribution in [2.24, 2.45) is 0 Å². The van der Waals surface area contributed by atoms with Crippen LogP contribution >= 0.6 is 23.4 Å². The molecule has 1 saturated heterocycles. The van der Waals surface area contributed by atoms with Crippen LogP contribution in [0.25, 0.3) is 0 Å². The number of ether oxygens (including phenoxy) is 1. The summed E-state index contributed by atoms with van der Waals surface area (Å²) in [6.07, 6.45) is 2.54. The van der Waals surface area contributed by atoms with E-state index in [2.05, 4.69) is 0 Å². The highest BCUT2D eigenvalue weighted by molar-refractivity contribution is 8.04. The number of carbonyl (C=O) groups is 1. The molecule has 1 heterocycles. The number of hydrogen-bond acceptors (Lipinski definition) is 5. The van der Waals surface area contributed by atoms with Gasteiger partial charge in [0.05, 0.1) is 9.83 Å². The molecule has 0 spiro atoms. The molecule has 1 fully saturated rings. The Kier molecular flexibility index (Phi) is 5.96. The summed E-state index contributed by atoms with van der Waals surface area (Å²) < 4.78 is 5.11. The predicted molar refractivity (Wildman–Crippen MR) is 102 cm³/mol. The fraction of sp³-hybridized carbons (Fsp3) is 0.211. The molecule has 0 saturated carbocycles. The van der Waals surface area contributed by atoms with Crippen molar-refractivity contribution in [2.45, 2.75) is 12.3 Å². The topological polar surface area (TPSA) is 69.4 Å². The highest BCUT2D eigenvalue weighted by Gasteiger charge is 2.21. The van der Waals surface area contributed by atoms with Crippen LogP contribution in [0, 0.1) is 10.1 Å². The van der Waals surface area contributed by atoms with Gasteiger partial charge in [0.1, 0.15) is 6.61 Å². The van der Waals surface area contributed by atoms with Crippen molar-refractivity contribution in [3.8, 4) is 0 Å². The smallest absolute Gasteiger partial charge is 0.344 e. The summed E-state index contributed by atoms with van der Waals surface area (Å²) in [5.74, 6) is 0.306. The van der Waals surface area contributed by atoms with E-state index in [0.717, 1.165) is 16.9 Å². The number of cyclic esters (lactones) is 1. The van der Waals surface area contributed by atoms with Gasteiger partial charge in [-0.3, -0.25) is 10.1 Å². The van der Waals surface area contributed by atoms with Gasteiger partial charge in [0.25, 0.3) is 5.69 Å². The Labute approximate surface area is 160 Å². The molecular formula is C19H16ClNO4S. The van der Waals surface area contributed by atoms with Crippen LogP contribution < -0.4 is 0 Å². The van der Waals surface area contributed by atoms with Gasteiger partial charge >= 0.3 is 5.97 Å². The van der Waals surface area contributed by atoms with Crippen LogP contribution in [-0.4, -0.2) is 23.3 Å². The Morgan fingerprint density at radius 1 is 1.19 bits per heavy atom. The zero-order chi connectivity index (χ0) is 18.5. The van der Waals surface area contributed by atoms with Gasteiger partial charge in [0, 0.05) is 28.8 Å². The molecule has 2 aromatic rings. The molecule has 1 aliphatic rings. The largest absolute Gasteiger partial charge is 0.461 e. The third-order valence-electron chi connectivity index (χ3n) is 4.03. The summed E-state index contributed by atoms with van der Waals surface area (Å²) >= 11 is 7.42. The maximum absolute atomic E-state index is 12.0. The Morgan fingerprint density at radius 2 is 1.88 bits per heavy atom. The first kappa shape index (κ1) is 18.5. The van der Waals surface area contributed by atoms with E-state index >= 15 is 0 Å². The van der Waals surface area contributed by atoms with Gasteiger partial charge in [-0.05, 0) is 29.7 Å². The van der Waals surface area contributed by atoms with E-state index in [1.807, 2.05) is 30.3 Å². The van der Waals surface area contributed by atoms with Gasteiger partial charge in [0.2, 0.25) is 0 Å². The van der Waals surface area contributed by atoms with E-state index in [4.69, 9.17) is 16.3 Å². The van der Waals surface area contributed by atoms with Crippen LogP contribution in [0.1, 0.15) is 17.0 Å². The minimum Gasteiger partial charge on any atom is -0.461 e. The molecule has 7 heteroatoms. The maximum atomic E-state index is 12.0. The zero-order valence-electron chi connectivity index (χ0n) is 13.8. The van der Waals surface area contributed by atoms with Crippen LogP contribution in [0.5, 0.6) is 0 Å². The number of halogens is 1. The van der Waals surface area contributed by atoms with Crippen molar-refractivity contribution in [2.75, 3.05) is 12.4 Å². The maximum Gasteiger partial charge on any atom is 0.344 e. The number of rotatable bonds is 5. The van der Waals surface area contributed by atoms with Crippen LogP contribution in [0.2, 0.25) is 5.02 Å². The first-order chi connectivity index (χ1) is 12.5. The lowest BCUT2D eigenvalue weighted by molar-refractivity contribution is -0.384. The van der Waals surface area contributed by atoms with E-state index in [1.165, 1.54) is 23.9 Å². The molecule has 2 aromatic carbocycles. The highest BCUT2D eigenvalue weighted by atomic mass is 35.5. The average molecular weight is 390 g/mol. The molecule has 1 atom stereocenters. The third-order valence-corrected chi connectivity index (χ3v) is 5.27. The number of nitrogens with zero attached hydrogens (tertiary/aromatic N) is 1. The molecule has 0 aliphatic carbocycles. The number of nitro benzene ring substituents is 1. The second-order valence-electron chi connectivity index (χ2n) is 5.80. The summed E-state index contributed by atoms with van der Waals surface area (Å²) in [7, 11) is 0. The van der Waals surface area contributed by atoms with Crippen LogP contribution in [0.15, 0.2) is 59.5 Å². The predicted octanol–water partition coefficient (Wildman–Crippen LogP) is 4.75. The van der Waals surface area contributed by atoms with Crippen molar-refractivity contribution in [3.63, 3.8) is 0 Å². The lowest BCUT2D eigenvalue weighted by Gasteiger charge is -2.18. The van der Waals surface area contributed by atoms with Gasteiger partial charge < -0.3 is 4.74 Å². The minimum atomic E-state index is -0.426. The molecule has 1 aliphatic heterocycles. The summed E-state index contributed by atoms with van der Waals surface area (Å²) in [4.78, 5) is 23.0. The first-order valence-electron chi connectivity index (χ1n) is 8.03. The summed E-state index contributed by atoms with van der Waals surface area (Å²) in [5, 5.41) is 11.5. The van der Waals surface area contributed by atoms with E-state index < -0.39 is 4.92 Å². The monoisotopic (exact) mass is 389 g/mol. The standard InChI is InChI=1S/C19H16ClNO4S/c20-16-5-1-13(2-6-16)11-15(12-18-19(22)25-9-10-26-18)14-3-7-17(8-4-14)21(23)24/h1-8,12,15H,9-11H2/b18-12-. The summed E-state index contributed by atoms with van der Waals surface area (Å²) in [5.41, 5.74) is 2.00. The Morgan fingerprint density at radius 3 is 2.50 bits per heavy atom. The Hall–Kier alpha value is -2.31. The Bertz CT molecular complexity index is 834. The molecular weight excluding hydrogens is 374 g/mol. The van der Waals surface area contributed by atoms with Gasteiger partial charge in [-0.15, -0.1) is 11.8 Å². The molecule has 0 N–H and O–H groups in total. The number of allylic oxidation sites excluding steroid dienone is 1. The van der Waals surface area contributed by atoms with E-state index in [0.29, 0.717) is 23.0 Å². The molecule has 0 amide bonds. The normalized spacial score (nSPS) is 17.0. The molecule has 0 bridgehead atoms. The average Bonchev–Trinajstić information content (AvgIpc) is 2.65. The van der Waals surface area contributed by atoms with E-state index in [-0.39, 0.29) is 17.6 Å². The summed E-state index contributed by atoms with van der Waals surface area (Å²) in [6.45, 7) is 0.417. The third kappa shape index (κ3) is 4.65. The van der Waals surface area contributed by atoms with Crippen molar-refractivity contribution in [3.05, 3.63) is 85.8 Å². The van der Waals surface area contributed by atoms with Crippen LogP contribution in [-0.2, 0) is 16.0 Å². The zero-order valence-corrected chi connectivity index (χ0v) is 15.3.